The molecule has 0 saturated heterocycles. The Morgan fingerprint density at radius 3 is 2.73 bits per heavy atom. The van der Waals surface area contributed by atoms with Gasteiger partial charge in [0.1, 0.15) is 0 Å². The molecule has 0 N–H and O–H groups in total. The highest BCUT2D eigenvalue weighted by Gasteiger charge is 2.16. The van der Waals surface area contributed by atoms with Gasteiger partial charge in [0.25, 0.3) is 0 Å². The Bertz CT molecular complexity index is 1110. The third-order valence-corrected chi connectivity index (χ3v) is 6.14. The summed E-state index contributed by atoms with van der Waals surface area (Å²) in [6.07, 6.45) is 4.42. The van der Waals surface area contributed by atoms with Crippen molar-refractivity contribution in [3.8, 4) is 22.4 Å². The largest absolute Gasteiger partial charge is 0.302 e. The summed E-state index contributed by atoms with van der Waals surface area (Å²) in [5, 5.41) is 10.1. The van der Waals surface area contributed by atoms with Crippen LogP contribution in [0.2, 0.25) is 0 Å². The summed E-state index contributed by atoms with van der Waals surface area (Å²) in [5.41, 5.74) is 6.87. The van der Waals surface area contributed by atoms with Gasteiger partial charge in [0.2, 0.25) is 0 Å². The molecule has 4 rings (SSSR count). The summed E-state index contributed by atoms with van der Waals surface area (Å²) in [7, 11) is 2.20. The van der Waals surface area contributed by atoms with Crippen LogP contribution in [0, 0.1) is 0 Å². The fraction of sp³-hybridized carbons (Fsp3) is 0.360. The Morgan fingerprint density at radius 1 is 1.13 bits per heavy atom. The molecule has 3 aromatic heterocycles. The maximum atomic E-state index is 5.06. The van der Waals surface area contributed by atoms with Crippen molar-refractivity contribution in [2.24, 2.45) is 0 Å². The zero-order chi connectivity index (χ0) is 21.1. The summed E-state index contributed by atoms with van der Waals surface area (Å²) in [6, 6.07) is 13.5. The predicted octanol–water partition coefficient (Wildman–Crippen LogP) is 6.64. The maximum Gasteiger partial charge on any atom is 0.159 e. The van der Waals surface area contributed by atoms with E-state index in [1.165, 1.54) is 29.5 Å². The van der Waals surface area contributed by atoms with E-state index < -0.39 is 0 Å². The highest BCUT2D eigenvalue weighted by atomic mass is 32.1. The van der Waals surface area contributed by atoms with Crippen LogP contribution in [0.25, 0.3) is 33.4 Å². The van der Waals surface area contributed by atoms with E-state index in [1.54, 1.807) is 11.3 Å². The number of aromatic nitrogens is 3. The van der Waals surface area contributed by atoms with Gasteiger partial charge in [0.15, 0.2) is 5.65 Å². The number of hydrogen-bond donors (Lipinski definition) is 0. The maximum absolute atomic E-state index is 5.06. The minimum absolute atomic E-state index is 0.263. The van der Waals surface area contributed by atoms with E-state index in [2.05, 4.69) is 85.0 Å². The van der Waals surface area contributed by atoms with Crippen LogP contribution in [0.3, 0.4) is 0 Å². The van der Waals surface area contributed by atoms with E-state index in [-0.39, 0.29) is 6.04 Å². The normalized spacial score (nSPS) is 11.8. The van der Waals surface area contributed by atoms with Crippen LogP contribution in [-0.4, -0.2) is 33.3 Å². The van der Waals surface area contributed by atoms with Gasteiger partial charge in [-0.15, -0.1) is 0 Å². The van der Waals surface area contributed by atoms with Gasteiger partial charge in [0, 0.05) is 23.5 Å². The first kappa shape index (κ1) is 20.8. The van der Waals surface area contributed by atoms with Crippen LogP contribution in [0.1, 0.15) is 45.2 Å². The van der Waals surface area contributed by atoms with Crippen molar-refractivity contribution < 1.29 is 0 Å². The highest BCUT2D eigenvalue weighted by molar-refractivity contribution is 7.08. The second kappa shape index (κ2) is 9.11. The van der Waals surface area contributed by atoms with Gasteiger partial charge < -0.3 is 4.90 Å². The van der Waals surface area contributed by atoms with Gasteiger partial charge >= 0.3 is 0 Å². The third kappa shape index (κ3) is 4.32. The van der Waals surface area contributed by atoms with Crippen molar-refractivity contribution in [2.75, 3.05) is 13.6 Å². The second-order valence-corrected chi connectivity index (χ2v) is 9.06. The van der Waals surface area contributed by atoms with Crippen molar-refractivity contribution in [1.82, 2.24) is 19.7 Å². The van der Waals surface area contributed by atoms with E-state index in [0.29, 0.717) is 0 Å². The van der Waals surface area contributed by atoms with Crippen LogP contribution in [0.4, 0.5) is 0 Å². The quantitative estimate of drug-likeness (QED) is 0.322. The van der Waals surface area contributed by atoms with E-state index in [1.807, 2.05) is 10.9 Å². The molecule has 0 spiro atoms. The summed E-state index contributed by atoms with van der Waals surface area (Å²) < 4.78 is 2.02. The van der Waals surface area contributed by atoms with E-state index in [4.69, 9.17) is 4.98 Å². The number of unbranched alkanes of at least 4 members (excludes halogenated alkanes) is 1. The zero-order valence-corrected chi connectivity index (χ0v) is 19.1. The molecular formula is C25H30N4S. The van der Waals surface area contributed by atoms with Crippen LogP contribution in [0.15, 0.2) is 53.4 Å². The smallest absolute Gasteiger partial charge is 0.159 e. The molecule has 156 valence electrons. The SMILES string of the molecule is CCCCN(C)Cc1cccc(-c2cc(-c3ccsc3)c3cnn(C(C)C)c3n2)c1. The number of hydrogen-bond acceptors (Lipinski definition) is 4. The van der Waals surface area contributed by atoms with E-state index >= 15 is 0 Å². The van der Waals surface area contributed by atoms with Crippen molar-refractivity contribution in [3.63, 3.8) is 0 Å². The molecule has 0 fully saturated rings. The molecule has 0 aliphatic heterocycles. The minimum atomic E-state index is 0.263. The lowest BCUT2D eigenvalue weighted by Crippen LogP contribution is -2.18. The summed E-state index contributed by atoms with van der Waals surface area (Å²) in [5.74, 6) is 0. The van der Waals surface area contributed by atoms with Crippen LogP contribution in [-0.2, 0) is 6.54 Å². The first-order chi connectivity index (χ1) is 14.6. The first-order valence-electron chi connectivity index (χ1n) is 10.8. The van der Waals surface area contributed by atoms with Gasteiger partial charge in [-0.2, -0.15) is 16.4 Å². The molecular weight excluding hydrogens is 388 g/mol. The lowest BCUT2D eigenvalue weighted by atomic mass is 10.0. The Labute approximate surface area is 183 Å². The topological polar surface area (TPSA) is 34.0 Å². The fourth-order valence-electron chi connectivity index (χ4n) is 3.85. The van der Waals surface area contributed by atoms with E-state index in [9.17, 15) is 0 Å². The molecule has 0 aliphatic rings. The van der Waals surface area contributed by atoms with Crippen molar-refractivity contribution in [1.29, 1.82) is 0 Å². The molecule has 5 heteroatoms. The lowest BCUT2D eigenvalue weighted by molar-refractivity contribution is 0.321. The van der Waals surface area contributed by atoms with Crippen molar-refractivity contribution >= 4 is 22.4 Å². The van der Waals surface area contributed by atoms with Crippen LogP contribution >= 0.6 is 11.3 Å². The Kier molecular flexibility index (Phi) is 6.30. The molecule has 4 nitrogen and oxygen atoms in total. The molecule has 3 heterocycles. The van der Waals surface area contributed by atoms with Gasteiger partial charge in [-0.1, -0.05) is 31.5 Å². The molecule has 4 aromatic rings. The van der Waals surface area contributed by atoms with Crippen molar-refractivity contribution in [2.45, 2.75) is 46.2 Å². The zero-order valence-electron chi connectivity index (χ0n) is 18.3. The van der Waals surface area contributed by atoms with Crippen LogP contribution in [0.5, 0.6) is 0 Å². The molecule has 0 bridgehead atoms. The fourth-order valence-corrected chi connectivity index (χ4v) is 4.50. The number of thiophene rings is 1. The van der Waals surface area contributed by atoms with Gasteiger partial charge in [-0.05, 0) is 79.5 Å². The predicted molar refractivity (Wildman–Crippen MR) is 128 cm³/mol. The first-order valence-corrected chi connectivity index (χ1v) is 11.7. The standard InChI is InChI=1S/C25H30N4S/c1-5-6-11-28(4)16-19-8-7-9-20(13-19)24-14-22(21-10-12-30-17-21)23-15-26-29(18(2)3)25(23)27-24/h7-10,12-15,17-18H,5-6,11,16H2,1-4H3. The van der Waals surface area contributed by atoms with Gasteiger partial charge in [-0.3, -0.25) is 0 Å². The third-order valence-electron chi connectivity index (χ3n) is 5.46. The van der Waals surface area contributed by atoms with Crippen LogP contribution < -0.4 is 0 Å². The molecule has 0 saturated carbocycles. The number of fused-ring (bicyclic) bond motifs is 1. The molecule has 0 aliphatic carbocycles. The summed E-state index contributed by atoms with van der Waals surface area (Å²) >= 11 is 1.72. The van der Waals surface area contributed by atoms with Gasteiger partial charge in [0.05, 0.1) is 11.9 Å². The second-order valence-electron chi connectivity index (χ2n) is 8.28. The molecule has 0 amide bonds. The highest BCUT2D eigenvalue weighted by Crippen LogP contribution is 2.34. The molecule has 0 unspecified atom stereocenters. The van der Waals surface area contributed by atoms with Crippen molar-refractivity contribution in [3.05, 3.63) is 58.9 Å². The monoisotopic (exact) mass is 418 g/mol. The molecule has 1 aromatic carbocycles. The van der Waals surface area contributed by atoms with E-state index in [0.717, 1.165) is 35.4 Å². The lowest BCUT2D eigenvalue weighted by Gasteiger charge is -2.17. The molecule has 0 atom stereocenters. The Balaban J connectivity index is 1.77. The Hall–Kier alpha value is -2.50. The molecule has 0 radical (unpaired) electrons. The average Bonchev–Trinajstić information content (AvgIpc) is 3.41. The number of rotatable bonds is 8. The summed E-state index contributed by atoms with van der Waals surface area (Å²) in [4.78, 5) is 7.45. The minimum Gasteiger partial charge on any atom is -0.302 e. The molecule has 30 heavy (non-hydrogen) atoms. The number of pyridine rings is 1. The number of benzene rings is 1. The average molecular weight is 419 g/mol. The van der Waals surface area contributed by atoms with Gasteiger partial charge in [-0.25, -0.2) is 9.67 Å². The summed E-state index contributed by atoms with van der Waals surface area (Å²) in [6.45, 7) is 8.62. The number of nitrogens with zero attached hydrogens (tertiary/aromatic N) is 4. The Morgan fingerprint density at radius 2 is 2.00 bits per heavy atom.